The molecule has 1 N–H and O–H groups in total. The predicted octanol–water partition coefficient (Wildman–Crippen LogP) is 1.42. The SMILES string of the molecule is CC(=O)Nc1ccccc1OC[C@H]1CO1. The Morgan fingerprint density at radius 2 is 2.33 bits per heavy atom. The second-order valence-electron chi connectivity index (χ2n) is 3.44. The van der Waals surface area contributed by atoms with Crippen molar-refractivity contribution in [3.63, 3.8) is 0 Å². The molecule has 1 fully saturated rings. The molecule has 0 radical (unpaired) electrons. The van der Waals surface area contributed by atoms with Crippen LogP contribution in [0.15, 0.2) is 24.3 Å². The Kier molecular flexibility index (Phi) is 2.87. The lowest BCUT2D eigenvalue weighted by molar-refractivity contribution is -0.114. The van der Waals surface area contributed by atoms with Crippen molar-refractivity contribution in [3.05, 3.63) is 24.3 Å². The highest BCUT2D eigenvalue weighted by Crippen LogP contribution is 2.24. The second kappa shape index (κ2) is 4.31. The molecule has 1 aromatic rings. The first-order valence-corrected chi connectivity index (χ1v) is 4.87. The lowest BCUT2D eigenvalue weighted by Gasteiger charge is -2.10. The molecule has 1 heterocycles. The van der Waals surface area contributed by atoms with E-state index < -0.39 is 0 Å². The third-order valence-electron chi connectivity index (χ3n) is 2.02. The molecule has 1 atom stereocenters. The van der Waals surface area contributed by atoms with Gasteiger partial charge in [-0.05, 0) is 12.1 Å². The van der Waals surface area contributed by atoms with Crippen molar-refractivity contribution in [2.45, 2.75) is 13.0 Å². The Bertz CT molecular complexity index is 361. The number of nitrogens with one attached hydrogen (secondary N) is 1. The molecule has 4 heteroatoms. The number of ether oxygens (including phenoxy) is 2. The molecule has 4 nitrogen and oxygen atoms in total. The molecule has 1 saturated heterocycles. The van der Waals surface area contributed by atoms with Crippen LogP contribution in [0.25, 0.3) is 0 Å². The van der Waals surface area contributed by atoms with Gasteiger partial charge in [-0.3, -0.25) is 4.79 Å². The Labute approximate surface area is 88.2 Å². The minimum absolute atomic E-state index is 0.103. The molecule has 2 rings (SSSR count). The zero-order valence-electron chi connectivity index (χ0n) is 8.53. The van der Waals surface area contributed by atoms with Crippen LogP contribution in [0.5, 0.6) is 5.75 Å². The Morgan fingerprint density at radius 3 is 3.00 bits per heavy atom. The molecule has 0 bridgehead atoms. The Hall–Kier alpha value is -1.55. The van der Waals surface area contributed by atoms with E-state index in [4.69, 9.17) is 9.47 Å². The molecule has 1 aliphatic heterocycles. The van der Waals surface area contributed by atoms with Crippen LogP contribution in [0.2, 0.25) is 0 Å². The van der Waals surface area contributed by atoms with Crippen LogP contribution in [0, 0.1) is 0 Å². The lowest BCUT2D eigenvalue weighted by Crippen LogP contribution is -2.10. The summed E-state index contributed by atoms with van der Waals surface area (Å²) < 4.78 is 10.6. The summed E-state index contributed by atoms with van der Waals surface area (Å²) in [4.78, 5) is 10.9. The van der Waals surface area contributed by atoms with Crippen molar-refractivity contribution in [1.29, 1.82) is 0 Å². The summed E-state index contributed by atoms with van der Waals surface area (Å²) in [6.45, 7) is 2.78. The number of para-hydroxylation sites is 2. The molecule has 1 amide bonds. The van der Waals surface area contributed by atoms with Crippen LogP contribution in [0.1, 0.15) is 6.92 Å². The van der Waals surface area contributed by atoms with Crippen LogP contribution >= 0.6 is 0 Å². The average Bonchev–Trinajstić information content (AvgIpc) is 2.99. The van der Waals surface area contributed by atoms with Crippen molar-refractivity contribution in [2.24, 2.45) is 0 Å². The van der Waals surface area contributed by atoms with E-state index in [2.05, 4.69) is 5.32 Å². The maximum atomic E-state index is 10.9. The fourth-order valence-corrected chi connectivity index (χ4v) is 1.23. The van der Waals surface area contributed by atoms with E-state index in [0.29, 0.717) is 18.0 Å². The van der Waals surface area contributed by atoms with E-state index in [1.807, 2.05) is 24.3 Å². The van der Waals surface area contributed by atoms with Crippen molar-refractivity contribution < 1.29 is 14.3 Å². The van der Waals surface area contributed by atoms with E-state index in [0.717, 1.165) is 6.61 Å². The number of epoxide rings is 1. The van der Waals surface area contributed by atoms with Gasteiger partial charge in [-0.2, -0.15) is 0 Å². The molecule has 0 aromatic heterocycles. The van der Waals surface area contributed by atoms with Gasteiger partial charge in [0.15, 0.2) is 0 Å². The maximum absolute atomic E-state index is 10.9. The summed E-state index contributed by atoms with van der Waals surface area (Å²) in [7, 11) is 0. The van der Waals surface area contributed by atoms with Gasteiger partial charge in [-0.15, -0.1) is 0 Å². The van der Waals surface area contributed by atoms with Gasteiger partial charge < -0.3 is 14.8 Å². The zero-order valence-corrected chi connectivity index (χ0v) is 8.53. The van der Waals surface area contributed by atoms with Gasteiger partial charge in [-0.1, -0.05) is 12.1 Å². The predicted molar refractivity (Wildman–Crippen MR) is 56.0 cm³/mol. The summed E-state index contributed by atoms with van der Waals surface area (Å²) in [6, 6.07) is 7.36. The number of carbonyl (C=O) groups is 1. The quantitative estimate of drug-likeness (QED) is 0.760. The summed E-state index contributed by atoms with van der Waals surface area (Å²) in [5.74, 6) is 0.580. The third-order valence-corrected chi connectivity index (χ3v) is 2.02. The fourth-order valence-electron chi connectivity index (χ4n) is 1.23. The van der Waals surface area contributed by atoms with Crippen LogP contribution in [-0.2, 0) is 9.53 Å². The lowest BCUT2D eigenvalue weighted by atomic mass is 10.3. The van der Waals surface area contributed by atoms with Crippen LogP contribution in [0.4, 0.5) is 5.69 Å². The molecule has 0 unspecified atom stereocenters. The monoisotopic (exact) mass is 207 g/mol. The number of rotatable bonds is 4. The van der Waals surface area contributed by atoms with Crippen molar-refractivity contribution in [1.82, 2.24) is 0 Å². The number of benzene rings is 1. The van der Waals surface area contributed by atoms with E-state index >= 15 is 0 Å². The smallest absolute Gasteiger partial charge is 0.221 e. The first-order valence-electron chi connectivity index (χ1n) is 4.87. The molecular formula is C11H13NO3. The fraction of sp³-hybridized carbons (Fsp3) is 0.364. The van der Waals surface area contributed by atoms with Gasteiger partial charge in [0.05, 0.1) is 12.3 Å². The Morgan fingerprint density at radius 1 is 1.60 bits per heavy atom. The normalized spacial score (nSPS) is 18.3. The molecule has 0 spiro atoms. The number of amides is 1. The highest BCUT2D eigenvalue weighted by Gasteiger charge is 2.23. The van der Waals surface area contributed by atoms with Gasteiger partial charge in [0.25, 0.3) is 0 Å². The molecule has 0 aliphatic carbocycles. The van der Waals surface area contributed by atoms with E-state index in [-0.39, 0.29) is 12.0 Å². The van der Waals surface area contributed by atoms with E-state index in [1.54, 1.807) is 0 Å². The van der Waals surface area contributed by atoms with E-state index in [1.165, 1.54) is 6.92 Å². The zero-order chi connectivity index (χ0) is 10.7. The summed E-state index contributed by atoms with van der Waals surface area (Å²) >= 11 is 0. The maximum Gasteiger partial charge on any atom is 0.221 e. The Balaban J connectivity index is 2.02. The largest absolute Gasteiger partial charge is 0.489 e. The van der Waals surface area contributed by atoms with Crippen LogP contribution < -0.4 is 10.1 Å². The highest BCUT2D eigenvalue weighted by molar-refractivity contribution is 5.90. The standard InChI is InChI=1S/C11H13NO3/c1-8(13)12-10-4-2-3-5-11(10)15-7-9-6-14-9/h2-5,9H,6-7H2,1H3,(H,12,13)/t9-/m1/s1. The first kappa shape index (κ1) is 9.98. The van der Waals surface area contributed by atoms with Gasteiger partial charge >= 0.3 is 0 Å². The minimum Gasteiger partial charge on any atom is -0.489 e. The number of hydrogen-bond acceptors (Lipinski definition) is 3. The molecule has 15 heavy (non-hydrogen) atoms. The first-order chi connectivity index (χ1) is 7.25. The third kappa shape index (κ3) is 2.95. The summed E-state index contributed by atoms with van der Waals surface area (Å²) in [5.41, 5.74) is 0.700. The van der Waals surface area contributed by atoms with Crippen molar-refractivity contribution >= 4 is 11.6 Å². The molecule has 1 aliphatic rings. The molecule has 1 aromatic carbocycles. The van der Waals surface area contributed by atoms with E-state index in [9.17, 15) is 4.79 Å². The topological polar surface area (TPSA) is 50.9 Å². The van der Waals surface area contributed by atoms with Gasteiger partial charge in [-0.25, -0.2) is 0 Å². The van der Waals surface area contributed by atoms with Gasteiger partial charge in [0.2, 0.25) is 5.91 Å². The molecular weight excluding hydrogens is 194 g/mol. The molecule has 0 saturated carbocycles. The average molecular weight is 207 g/mol. The van der Waals surface area contributed by atoms with Gasteiger partial charge in [0.1, 0.15) is 18.5 Å². The highest BCUT2D eigenvalue weighted by atomic mass is 16.6. The van der Waals surface area contributed by atoms with Crippen LogP contribution in [0.3, 0.4) is 0 Å². The number of carbonyl (C=O) groups excluding carboxylic acids is 1. The molecule has 80 valence electrons. The second-order valence-corrected chi connectivity index (χ2v) is 3.44. The summed E-state index contributed by atoms with van der Waals surface area (Å²) in [6.07, 6.45) is 0.218. The summed E-state index contributed by atoms with van der Waals surface area (Å²) in [5, 5.41) is 2.71. The minimum atomic E-state index is -0.103. The van der Waals surface area contributed by atoms with Crippen molar-refractivity contribution in [3.8, 4) is 5.75 Å². The van der Waals surface area contributed by atoms with Crippen LogP contribution in [-0.4, -0.2) is 25.2 Å². The van der Waals surface area contributed by atoms with Crippen molar-refractivity contribution in [2.75, 3.05) is 18.5 Å². The van der Waals surface area contributed by atoms with Gasteiger partial charge in [0, 0.05) is 6.92 Å². The number of anilines is 1. The number of hydrogen-bond donors (Lipinski definition) is 1.